The van der Waals surface area contributed by atoms with Gasteiger partial charge >= 0.3 is 5.97 Å². The van der Waals surface area contributed by atoms with Crippen LogP contribution < -0.4 is 5.32 Å². The first-order chi connectivity index (χ1) is 12.8. The number of ether oxygens (including phenoxy) is 1. The molecule has 0 saturated carbocycles. The zero-order valence-electron chi connectivity index (χ0n) is 15.9. The molecule has 2 rings (SSSR count). The minimum atomic E-state index is -0.258. The highest BCUT2D eigenvalue weighted by Crippen LogP contribution is 2.12. The standard InChI is InChI=1S/C23H31NO2/c1-2-26-23(25)21-15-17-22(18-16-21)24-19-11-6-4-3-5-8-12-20-13-9-7-10-14-20/h7,9-10,13-18,24H,2-6,8,11-12,19H2,1H3. The van der Waals surface area contributed by atoms with Crippen molar-refractivity contribution in [2.24, 2.45) is 0 Å². The van der Waals surface area contributed by atoms with Crippen LogP contribution in [0.1, 0.15) is 61.4 Å². The van der Waals surface area contributed by atoms with Gasteiger partial charge in [-0.2, -0.15) is 0 Å². The van der Waals surface area contributed by atoms with Gasteiger partial charge in [-0.05, 0) is 56.0 Å². The fourth-order valence-corrected chi connectivity index (χ4v) is 2.98. The SMILES string of the molecule is CCOC(=O)c1ccc(NCCCCCCCCc2ccccc2)cc1. The maximum atomic E-state index is 11.6. The first-order valence-corrected chi connectivity index (χ1v) is 9.84. The summed E-state index contributed by atoms with van der Waals surface area (Å²) in [5, 5.41) is 3.41. The zero-order chi connectivity index (χ0) is 18.5. The highest BCUT2D eigenvalue weighted by atomic mass is 16.5. The van der Waals surface area contributed by atoms with Gasteiger partial charge in [-0.25, -0.2) is 4.79 Å². The number of aryl methyl sites for hydroxylation is 1. The summed E-state index contributed by atoms with van der Waals surface area (Å²) in [7, 11) is 0. The first kappa shape index (κ1) is 20.0. The van der Waals surface area contributed by atoms with Crippen LogP contribution in [0.3, 0.4) is 0 Å². The Morgan fingerprint density at radius 2 is 1.50 bits per heavy atom. The largest absolute Gasteiger partial charge is 0.462 e. The highest BCUT2D eigenvalue weighted by Gasteiger charge is 2.05. The Bertz CT molecular complexity index is 622. The Morgan fingerprint density at radius 1 is 0.846 bits per heavy atom. The summed E-state index contributed by atoms with van der Waals surface area (Å²) >= 11 is 0. The van der Waals surface area contributed by atoms with Crippen LogP contribution >= 0.6 is 0 Å². The Morgan fingerprint density at radius 3 is 2.19 bits per heavy atom. The number of benzene rings is 2. The van der Waals surface area contributed by atoms with E-state index < -0.39 is 0 Å². The molecule has 0 saturated heterocycles. The second-order valence-corrected chi connectivity index (χ2v) is 6.58. The average molecular weight is 354 g/mol. The number of carbonyl (C=O) groups excluding carboxylic acids is 1. The van der Waals surface area contributed by atoms with Crippen LogP contribution in [0.5, 0.6) is 0 Å². The van der Waals surface area contributed by atoms with Crippen molar-refractivity contribution in [3.8, 4) is 0 Å². The summed E-state index contributed by atoms with van der Waals surface area (Å²) in [5.74, 6) is -0.258. The van der Waals surface area contributed by atoms with Crippen LogP contribution in [0.2, 0.25) is 0 Å². The molecule has 0 heterocycles. The molecule has 0 aliphatic carbocycles. The highest BCUT2D eigenvalue weighted by molar-refractivity contribution is 5.89. The number of anilines is 1. The lowest BCUT2D eigenvalue weighted by atomic mass is 10.0. The van der Waals surface area contributed by atoms with E-state index in [-0.39, 0.29) is 5.97 Å². The van der Waals surface area contributed by atoms with Crippen LogP contribution in [0.25, 0.3) is 0 Å². The Balaban J connectivity index is 1.48. The van der Waals surface area contributed by atoms with Crippen molar-refractivity contribution < 1.29 is 9.53 Å². The molecule has 2 aromatic carbocycles. The third-order valence-corrected chi connectivity index (χ3v) is 4.46. The van der Waals surface area contributed by atoms with E-state index in [0.29, 0.717) is 12.2 Å². The van der Waals surface area contributed by atoms with E-state index in [9.17, 15) is 4.79 Å². The number of esters is 1. The Hall–Kier alpha value is -2.29. The van der Waals surface area contributed by atoms with Crippen molar-refractivity contribution in [3.63, 3.8) is 0 Å². The van der Waals surface area contributed by atoms with E-state index in [1.165, 1.54) is 50.5 Å². The molecule has 0 aliphatic rings. The van der Waals surface area contributed by atoms with E-state index in [1.54, 1.807) is 0 Å². The minimum Gasteiger partial charge on any atom is -0.462 e. The van der Waals surface area contributed by atoms with Gasteiger partial charge in [0.2, 0.25) is 0 Å². The fraction of sp³-hybridized carbons (Fsp3) is 0.435. The topological polar surface area (TPSA) is 38.3 Å². The molecule has 140 valence electrons. The van der Waals surface area contributed by atoms with E-state index in [1.807, 2.05) is 31.2 Å². The van der Waals surface area contributed by atoms with Gasteiger partial charge in [0, 0.05) is 12.2 Å². The van der Waals surface area contributed by atoms with Crippen LogP contribution in [-0.2, 0) is 11.2 Å². The van der Waals surface area contributed by atoms with Crippen molar-refractivity contribution in [2.75, 3.05) is 18.5 Å². The molecule has 0 aliphatic heterocycles. The minimum absolute atomic E-state index is 0.258. The van der Waals surface area contributed by atoms with Crippen molar-refractivity contribution in [1.82, 2.24) is 0 Å². The van der Waals surface area contributed by atoms with E-state index in [2.05, 4.69) is 35.6 Å². The molecule has 0 radical (unpaired) electrons. The molecule has 26 heavy (non-hydrogen) atoms. The number of rotatable bonds is 12. The second kappa shape index (κ2) is 12.1. The lowest BCUT2D eigenvalue weighted by Crippen LogP contribution is -2.05. The molecule has 2 aromatic rings. The predicted molar refractivity (Wildman–Crippen MR) is 109 cm³/mol. The molecule has 1 N–H and O–H groups in total. The molecule has 0 amide bonds. The third-order valence-electron chi connectivity index (χ3n) is 4.46. The molecule has 0 bridgehead atoms. The van der Waals surface area contributed by atoms with E-state index in [0.717, 1.165) is 12.2 Å². The quantitative estimate of drug-likeness (QED) is 0.384. The molecule has 0 spiro atoms. The lowest BCUT2D eigenvalue weighted by Gasteiger charge is -2.07. The van der Waals surface area contributed by atoms with Gasteiger partial charge in [0.25, 0.3) is 0 Å². The summed E-state index contributed by atoms with van der Waals surface area (Å²) < 4.78 is 4.99. The summed E-state index contributed by atoms with van der Waals surface area (Å²) in [6.45, 7) is 3.20. The molecule has 3 heteroatoms. The average Bonchev–Trinajstić information content (AvgIpc) is 2.68. The van der Waals surface area contributed by atoms with Crippen LogP contribution in [0.15, 0.2) is 54.6 Å². The Labute approximate surface area is 157 Å². The number of hydrogen-bond donors (Lipinski definition) is 1. The Kier molecular flexibility index (Phi) is 9.34. The van der Waals surface area contributed by atoms with Gasteiger partial charge in [0.15, 0.2) is 0 Å². The molecule has 0 atom stereocenters. The number of nitrogens with one attached hydrogen (secondary N) is 1. The van der Waals surface area contributed by atoms with Gasteiger partial charge in [-0.3, -0.25) is 0 Å². The van der Waals surface area contributed by atoms with Crippen LogP contribution in [0, 0.1) is 0 Å². The van der Waals surface area contributed by atoms with Crippen LogP contribution in [-0.4, -0.2) is 19.1 Å². The first-order valence-electron chi connectivity index (χ1n) is 9.84. The maximum absolute atomic E-state index is 11.6. The lowest BCUT2D eigenvalue weighted by molar-refractivity contribution is 0.0526. The summed E-state index contributed by atoms with van der Waals surface area (Å²) in [5.41, 5.74) is 3.11. The van der Waals surface area contributed by atoms with Gasteiger partial charge in [-0.15, -0.1) is 0 Å². The van der Waals surface area contributed by atoms with Crippen molar-refractivity contribution in [1.29, 1.82) is 0 Å². The monoisotopic (exact) mass is 353 g/mol. The molecule has 0 aromatic heterocycles. The maximum Gasteiger partial charge on any atom is 0.338 e. The molecule has 0 fully saturated rings. The number of carbonyl (C=O) groups is 1. The predicted octanol–water partition coefficient (Wildman–Crippen LogP) is 5.86. The smallest absolute Gasteiger partial charge is 0.338 e. The van der Waals surface area contributed by atoms with E-state index >= 15 is 0 Å². The summed E-state index contributed by atoms with van der Waals surface area (Å²) in [6.07, 6.45) is 8.87. The number of hydrogen-bond acceptors (Lipinski definition) is 3. The molecular weight excluding hydrogens is 322 g/mol. The molecule has 3 nitrogen and oxygen atoms in total. The third kappa shape index (κ3) is 7.73. The second-order valence-electron chi connectivity index (χ2n) is 6.58. The van der Waals surface area contributed by atoms with Crippen molar-refractivity contribution in [2.45, 2.75) is 51.9 Å². The van der Waals surface area contributed by atoms with Gasteiger partial charge in [0.1, 0.15) is 0 Å². The van der Waals surface area contributed by atoms with Crippen LogP contribution in [0.4, 0.5) is 5.69 Å². The zero-order valence-corrected chi connectivity index (χ0v) is 15.9. The fourth-order valence-electron chi connectivity index (χ4n) is 2.98. The molecular formula is C23H31NO2. The normalized spacial score (nSPS) is 10.5. The summed E-state index contributed by atoms with van der Waals surface area (Å²) in [4.78, 5) is 11.6. The molecule has 0 unspecified atom stereocenters. The van der Waals surface area contributed by atoms with Gasteiger partial charge in [-0.1, -0.05) is 56.0 Å². The van der Waals surface area contributed by atoms with Crippen molar-refractivity contribution >= 4 is 11.7 Å². The van der Waals surface area contributed by atoms with Gasteiger partial charge < -0.3 is 10.1 Å². The number of unbranched alkanes of at least 4 members (excludes halogenated alkanes) is 5. The van der Waals surface area contributed by atoms with Crippen molar-refractivity contribution in [3.05, 3.63) is 65.7 Å². The summed E-state index contributed by atoms with van der Waals surface area (Å²) in [6, 6.07) is 18.2. The van der Waals surface area contributed by atoms with E-state index in [4.69, 9.17) is 4.74 Å². The van der Waals surface area contributed by atoms with Gasteiger partial charge in [0.05, 0.1) is 12.2 Å².